The molecule has 3 heteroatoms. The standard InChI is InChI=1S/C11H16N2O/c1-2-5-12-11(14)10-8-13-6-3-9(10)4-7-13/h1,9-10H,3-8H2,(H,12,14). The van der Waals surface area contributed by atoms with E-state index in [2.05, 4.69) is 16.1 Å². The molecule has 0 aliphatic carbocycles. The lowest BCUT2D eigenvalue weighted by Crippen LogP contribution is -2.52. The molecule has 3 saturated heterocycles. The second-order valence-corrected chi connectivity index (χ2v) is 4.17. The smallest absolute Gasteiger partial charge is 0.225 e. The lowest BCUT2D eigenvalue weighted by atomic mass is 9.78. The van der Waals surface area contributed by atoms with E-state index in [0.29, 0.717) is 12.5 Å². The minimum absolute atomic E-state index is 0.150. The van der Waals surface area contributed by atoms with Crippen molar-refractivity contribution in [3.05, 3.63) is 0 Å². The van der Waals surface area contributed by atoms with Crippen LogP contribution in [0.25, 0.3) is 0 Å². The van der Waals surface area contributed by atoms with E-state index in [-0.39, 0.29) is 11.8 Å². The van der Waals surface area contributed by atoms with E-state index in [1.54, 1.807) is 0 Å². The zero-order chi connectivity index (χ0) is 9.97. The maximum Gasteiger partial charge on any atom is 0.225 e. The summed E-state index contributed by atoms with van der Waals surface area (Å²) in [5, 5.41) is 2.79. The minimum atomic E-state index is 0.150. The molecule has 3 heterocycles. The van der Waals surface area contributed by atoms with E-state index in [1.807, 2.05) is 0 Å². The molecule has 1 unspecified atom stereocenters. The zero-order valence-corrected chi connectivity index (χ0v) is 8.33. The van der Waals surface area contributed by atoms with Gasteiger partial charge in [-0.25, -0.2) is 0 Å². The summed E-state index contributed by atoms with van der Waals surface area (Å²) in [6.45, 7) is 3.64. The first-order valence-corrected chi connectivity index (χ1v) is 5.25. The van der Waals surface area contributed by atoms with Crippen molar-refractivity contribution in [1.29, 1.82) is 0 Å². The van der Waals surface area contributed by atoms with Crippen molar-refractivity contribution < 1.29 is 4.79 Å². The molecule has 1 amide bonds. The number of nitrogens with zero attached hydrogens (tertiary/aromatic N) is 1. The summed E-state index contributed by atoms with van der Waals surface area (Å²) in [4.78, 5) is 14.1. The van der Waals surface area contributed by atoms with Crippen LogP contribution in [0, 0.1) is 24.2 Å². The van der Waals surface area contributed by atoms with Gasteiger partial charge in [0.25, 0.3) is 0 Å². The summed E-state index contributed by atoms with van der Waals surface area (Å²) in [5.41, 5.74) is 0. The number of piperidine rings is 3. The lowest BCUT2D eigenvalue weighted by molar-refractivity contribution is -0.130. The molecule has 76 valence electrons. The first-order chi connectivity index (χ1) is 6.81. The van der Waals surface area contributed by atoms with Gasteiger partial charge in [-0.05, 0) is 31.8 Å². The van der Waals surface area contributed by atoms with E-state index in [9.17, 15) is 4.79 Å². The molecule has 1 N–H and O–H groups in total. The Morgan fingerprint density at radius 3 is 2.71 bits per heavy atom. The molecule has 3 aliphatic rings. The molecule has 0 saturated carbocycles. The van der Waals surface area contributed by atoms with Crippen molar-refractivity contribution in [1.82, 2.24) is 10.2 Å². The molecule has 3 fully saturated rings. The van der Waals surface area contributed by atoms with Crippen LogP contribution in [-0.4, -0.2) is 37.0 Å². The van der Waals surface area contributed by atoms with Crippen molar-refractivity contribution in [2.75, 3.05) is 26.2 Å². The third-order valence-electron chi connectivity index (χ3n) is 3.36. The summed E-state index contributed by atoms with van der Waals surface area (Å²) in [7, 11) is 0. The Bertz CT molecular complexity index is 261. The van der Waals surface area contributed by atoms with Crippen molar-refractivity contribution in [3.63, 3.8) is 0 Å². The van der Waals surface area contributed by atoms with Crippen LogP contribution < -0.4 is 5.32 Å². The van der Waals surface area contributed by atoms with Gasteiger partial charge >= 0.3 is 0 Å². The molecule has 14 heavy (non-hydrogen) atoms. The number of hydrogen-bond acceptors (Lipinski definition) is 2. The van der Waals surface area contributed by atoms with Crippen LogP contribution in [0.5, 0.6) is 0 Å². The summed E-state index contributed by atoms with van der Waals surface area (Å²) in [5.74, 6) is 3.37. The van der Waals surface area contributed by atoms with Gasteiger partial charge < -0.3 is 10.2 Å². The molecule has 0 radical (unpaired) electrons. The number of fused-ring (bicyclic) bond motifs is 3. The fourth-order valence-electron chi connectivity index (χ4n) is 2.53. The third-order valence-corrected chi connectivity index (χ3v) is 3.36. The van der Waals surface area contributed by atoms with Gasteiger partial charge in [0.2, 0.25) is 5.91 Å². The lowest BCUT2D eigenvalue weighted by Gasteiger charge is -2.43. The predicted octanol–water partition coefficient (Wildman–Crippen LogP) is 0.0776. The van der Waals surface area contributed by atoms with E-state index >= 15 is 0 Å². The number of nitrogens with one attached hydrogen (secondary N) is 1. The highest BCUT2D eigenvalue weighted by atomic mass is 16.1. The Morgan fingerprint density at radius 1 is 1.50 bits per heavy atom. The van der Waals surface area contributed by atoms with Crippen LogP contribution in [0.2, 0.25) is 0 Å². The Hall–Kier alpha value is -1.01. The predicted molar refractivity (Wildman–Crippen MR) is 54.5 cm³/mol. The first kappa shape index (κ1) is 9.54. The topological polar surface area (TPSA) is 32.3 Å². The molecule has 3 rings (SSSR count). The summed E-state index contributed by atoms with van der Waals surface area (Å²) in [6.07, 6.45) is 7.46. The van der Waals surface area contributed by atoms with Crippen LogP contribution >= 0.6 is 0 Å². The number of amides is 1. The van der Waals surface area contributed by atoms with Gasteiger partial charge in [0.1, 0.15) is 0 Å². The van der Waals surface area contributed by atoms with Gasteiger partial charge in [-0.15, -0.1) is 6.42 Å². The van der Waals surface area contributed by atoms with E-state index in [1.165, 1.54) is 25.9 Å². The monoisotopic (exact) mass is 192 g/mol. The molecule has 2 bridgehead atoms. The number of carbonyl (C=O) groups excluding carboxylic acids is 1. The molecular weight excluding hydrogens is 176 g/mol. The first-order valence-electron chi connectivity index (χ1n) is 5.25. The molecule has 0 aromatic rings. The minimum Gasteiger partial charge on any atom is -0.345 e. The van der Waals surface area contributed by atoms with Crippen molar-refractivity contribution in [2.24, 2.45) is 11.8 Å². The third kappa shape index (κ3) is 1.76. The van der Waals surface area contributed by atoms with Crippen LogP contribution in [0.4, 0.5) is 0 Å². The molecule has 0 spiro atoms. The Labute approximate surface area is 84.8 Å². The molecule has 0 aromatic heterocycles. The second kappa shape index (κ2) is 4.02. The Morgan fingerprint density at radius 2 is 2.21 bits per heavy atom. The number of hydrogen-bond donors (Lipinski definition) is 1. The van der Waals surface area contributed by atoms with Crippen molar-refractivity contribution in [3.8, 4) is 12.3 Å². The highest BCUT2D eigenvalue weighted by Crippen LogP contribution is 2.32. The number of rotatable bonds is 2. The van der Waals surface area contributed by atoms with Crippen LogP contribution in [0.3, 0.4) is 0 Å². The van der Waals surface area contributed by atoms with Gasteiger partial charge in [0.15, 0.2) is 0 Å². The summed E-state index contributed by atoms with van der Waals surface area (Å²) >= 11 is 0. The fourth-order valence-corrected chi connectivity index (χ4v) is 2.53. The molecule has 0 aromatic carbocycles. The number of carbonyl (C=O) groups is 1. The van der Waals surface area contributed by atoms with E-state index in [4.69, 9.17) is 6.42 Å². The fraction of sp³-hybridized carbons (Fsp3) is 0.727. The molecule has 3 aliphatic heterocycles. The van der Waals surface area contributed by atoms with E-state index in [0.717, 1.165) is 6.54 Å². The van der Waals surface area contributed by atoms with E-state index < -0.39 is 0 Å². The average Bonchev–Trinajstić information content (AvgIpc) is 2.27. The van der Waals surface area contributed by atoms with Gasteiger partial charge in [-0.1, -0.05) is 5.92 Å². The molecule has 1 atom stereocenters. The van der Waals surface area contributed by atoms with Crippen LogP contribution in [-0.2, 0) is 4.79 Å². The summed E-state index contributed by atoms with van der Waals surface area (Å²) in [6, 6.07) is 0. The second-order valence-electron chi connectivity index (χ2n) is 4.17. The zero-order valence-electron chi connectivity index (χ0n) is 8.33. The molecular formula is C11H16N2O. The van der Waals surface area contributed by atoms with Crippen LogP contribution in [0.15, 0.2) is 0 Å². The van der Waals surface area contributed by atoms with Gasteiger partial charge in [0, 0.05) is 6.54 Å². The normalized spacial score (nSPS) is 34.9. The quantitative estimate of drug-likeness (QED) is 0.628. The largest absolute Gasteiger partial charge is 0.345 e. The average molecular weight is 192 g/mol. The Kier molecular flexibility index (Phi) is 2.74. The number of terminal acetylenes is 1. The maximum absolute atomic E-state index is 11.7. The highest BCUT2D eigenvalue weighted by molar-refractivity contribution is 5.79. The molecule has 3 nitrogen and oxygen atoms in total. The maximum atomic E-state index is 11.7. The Balaban J connectivity index is 1.92. The summed E-state index contributed by atoms with van der Waals surface area (Å²) < 4.78 is 0. The van der Waals surface area contributed by atoms with Gasteiger partial charge in [-0.3, -0.25) is 4.79 Å². The van der Waals surface area contributed by atoms with Gasteiger partial charge in [-0.2, -0.15) is 0 Å². The van der Waals surface area contributed by atoms with Crippen molar-refractivity contribution >= 4 is 5.91 Å². The SMILES string of the molecule is C#CCNC(=O)C1CN2CCC1CC2. The van der Waals surface area contributed by atoms with Crippen molar-refractivity contribution in [2.45, 2.75) is 12.8 Å². The highest BCUT2D eigenvalue weighted by Gasteiger charge is 2.37. The van der Waals surface area contributed by atoms with Gasteiger partial charge in [0.05, 0.1) is 12.5 Å². The van der Waals surface area contributed by atoms with Crippen LogP contribution in [0.1, 0.15) is 12.8 Å².